The minimum atomic E-state index is 0.127. The van der Waals surface area contributed by atoms with Gasteiger partial charge in [0.2, 0.25) is 12.7 Å². The van der Waals surface area contributed by atoms with Gasteiger partial charge in [-0.1, -0.05) is 0 Å². The number of hydrogen-bond donors (Lipinski definition) is 2. The summed E-state index contributed by atoms with van der Waals surface area (Å²) in [6.07, 6.45) is 2.63. The number of carbonyl (C=O) groups is 1. The van der Waals surface area contributed by atoms with Crippen molar-refractivity contribution in [2.75, 3.05) is 33.5 Å². The molecule has 8 heteroatoms. The number of amides is 1. The van der Waals surface area contributed by atoms with E-state index in [1.54, 1.807) is 7.05 Å². The van der Waals surface area contributed by atoms with E-state index in [2.05, 4.69) is 38.4 Å². The number of piperidine rings is 1. The first-order valence-electron chi connectivity index (χ1n) is 9.42. The number of likely N-dealkylation sites (tertiary alicyclic amines) is 1. The molecule has 1 aromatic rings. The predicted molar refractivity (Wildman–Crippen MR) is 108 cm³/mol. The zero-order valence-corrected chi connectivity index (χ0v) is 17.5. The number of nitrogens with one attached hydrogen (secondary N) is 2. The van der Waals surface area contributed by atoms with E-state index in [-0.39, 0.29) is 12.7 Å². The molecule has 0 unspecified atom stereocenters. The minimum Gasteiger partial charge on any atom is -0.454 e. The molecule has 1 aromatic carbocycles. The van der Waals surface area contributed by atoms with Crippen molar-refractivity contribution in [3.8, 4) is 11.5 Å². The second kappa shape index (κ2) is 9.30. The Kier molecular flexibility index (Phi) is 6.82. The number of rotatable bonds is 5. The molecule has 148 valence electrons. The van der Waals surface area contributed by atoms with Crippen molar-refractivity contribution in [3.63, 3.8) is 0 Å². The number of carbonyl (C=O) groups excluding carboxylic acids is 1. The molecular weight excluding hydrogens is 412 g/mol. The number of aliphatic imine (C=N–C) groups is 1. The third kappa shape index (κ3) is 5.06. The average molecular weight is 439 g/mol. The summed E-state index contributed by atoms with van der Waals surface area (Å²) in [5, 5.41) is 6.10. The van der Waals surface area contributed by atoms with Crippen molar-refractivity contribution in [3.05, 3.63) is 22.2 Å². The highest BCUT2D eigenvalue weighted by atomic mass is 79.9. The zero-order valence-electron chi connectivity index (χ0n) is 15.9. The fourth-order valence-electron chi connectivity index (χ4n) is 3.42. The van der Waals surface area contributed by atoms with Gasteiger partial charge in [0.05, 0.1) is 11.0 Å². The molecule has 0 atom stereocenters. The van der Waals surface area contributed by atoms with Crippen LogP contribution < -0.4 is 20.1 Å². The van der Waals surface area contributed by atoms with Crippen LogP contribution in [0, 0.1) is 5.92 Å². The molecule has 1 amide bonds. The Hall–Kier alpha value is -1.96. The lowest BCUT2D eigenvalue weighted by molar-refractivity contribution is -0.121. The third-order valence-corrected chi connectivity index (χ3v) is 5.49. The average Bonchev–Trinajstić information content (AvgIpc) is 3.15. The summed E-state index contributed by atoms with van der Waals surface area (Å²) in [6.45, 7) is 5.55. The third-order valence-electron chi connectivity index (χ3n) is 4.90. The molecule has 0 spiro atoms. The quantitative estimate of drug-likeness (QED) is 0.545. The summed E-state index contributed by atoms with van der Waals surface area (Å²) in [4.78, 5) is 18.7. The molecule has 1 fully saturated rings. The molecule has 0 aliphatic carbocycles. The van der Waals surface area contributed by atoms with Gasteiger partial charge in [0.25, 0.3) is 0 Å². The van der Waals surface area contributed by atoms with Gasteiger partial charge >= 0.3 is 0 Å². The topological polar surface area (TPSA) is 75.2 Å². The van der Waals surface area contributed by atoms with Crippen LogP contribution in [-0.2, 0) is 11.3 Å². The molecule has 2 N–H and O–H groups in total. The molecule has 2 heterocycles. The fourth-order valence-corrected chi connectivity index (χ4v) is 4.02. The van der Waals surface area contributed by atoms with Gasteiger partial charge < -0.3 is 25.0 Å². The van der Waals surface area contributed by atoms with Crippen molar-refractivity contribution < 1.29 is 14.3 Å². The molecule has 0 radical (unpaired) electrons. The maximum atomic E-state index is 11.6. The smallest absolute Gasteiger partial charge is 0.231 e. The monoisotopic (exact) mass is 438 g/mol. The van der Waals surface area contributed by atoms with E-state index in [4.69, 9.17) is 14.5 Å². The number of ether oxygens (including phenoxy) is 2. The second-order valence-electron chi connectivity index (χ2n) is 6.79. The van der Waals surface area contributed by atoms with Crippen molar-refractivity contribution >= 4 is 27.8 Å². The van der Waals surface area contributed by atoms with E-state index in [1.807, 2.05) is 12.1 Å². The number of halogens is 1. The Bertz CT molecular complexity index is 702. The van der Waals surface area contributed by atoms with Crippen LogP contribution in [0.1, 0.15) is 31.7 Å². The van der Waals surface area contributed by atoms with Gasteiger partial charge in [-0.25, -0.2) is 4.99 Å². The number of nitrogens with zero attached hydrogens (tertiary/aromatic N) is 2. The number of hydrogen-bond acceptors (Lipinski definition) is 4. The normalized spacial score (nSPS) is 17.1. The minimum absolute atomic E-state index is 0.127. The lowest BCUT2D eigenvalue weighted by atomic mass is 9.93. The van der Waals surface area contributed by atoms with Crippen molar-refractivity contribution in [2.45, 2.75) is 32.7 Å². The maximum Gasteiger partial charge on any atom is 0.231 e. The molecule has 2 aliphatic heterocycles. The van der Waals surface area contributed by atoms with E-state index < -0.39 is 0 Å². The Morgan fingerprint density at radius 2 is 2.11 bits per heavy atom. The highest BCUT2D eigenvalue weighted by Crippen LogP contribution is 2.40. The fraction of sp³-hybridized carbons (Fsp3) is 0.579. The van der Waals surface area contributed by atoms with Gasteiger partial charge in [-0.15, -0.1) is 0 Å². The maximum absolute atomic E-state index is 11.6. The molecule has 7 nitrogen and oxygen atoms in total. The molecule has 27 heavy (non-hydrogen) atoms. The zero-order chi connectivity index (χ0) is 19.2. The molecular formula is C19H27BrN4O3. The standard InChI is InChI=1S/C19H27BrN4O3/c1-3-22-19(24-6-4-13(5-7-24)10-17(25)21-2)23-11-14-8-15(20)18-16(9-14)26-12-27-18/h8-9,13H,3-7,10-12H2,1-2H3,(H,21,25)(H,22,23). The first-order valence-corrected chi connectivity index (χ1v) is 10.2. The molecule has 0 saturated carbocycles. The van der Waals surface area contributed by atoms with Crippen molar-refractivity contribution in [1.82, 2.24) is 15.5 Å². The van der Waals surface area contributed by atoms with Crippen molar-refractivity contribution in [2.24, 2.45) is 10.9 Å². The summed E-state index contributed by atoms with van der Waals surface area (Å²) in [6, 6.07) is 4.01. The van der Waals surface area contributed by atoms with E-state index in [0.29, 0.717) is 18.9 Å². The summed E-state index contributed by atoms with van der Waals surface area (Å²) in [5.41, 5.74) is 1.07. The predicted octanol–water partition coefficient (Wildman–Crippen LogP) is 2.49. The van der Waals surface area contributed by atoms with Gasteiger partial charge in [-0.05, 0) is 59.3 Å². The number of guanidine groups is 1. The van der Waals surface area contributed by atoms with Crippen molar-refractivity contribution in [1.29, 1.82) is 0 Å². The Morgan fingerprint density at radius 1 is 1.33 bits per heavy atom. The lowest BCUT2D eigenvalue weighted by Crippen LogP contribution is -2.46. The molecule has 2 aliphatic rings. The number of fused-ring (bicyclic) bond motifs is 1. The summed E-state index contributed by atoms with van der Waals surface area (Å²) < 4.78 is 11.8. The van der Waals surface area contributed by atoms with Crippen LogP contribution >= 0.6 is 15.9 Å². The van der Waals surface area contributed by atoms with Gasteiger partial charge in [-0.2, -0.15) is 0 Å². The summed E-state index contributed by atoms with van der Waals surface area (Å²) >= 11 is 3.53. The van der Waals surface area contributed by atoms with Crippen LogP contribution in [0.4, 0.5) is 0 Å². The van der Waals surface area contributed by atoms with E-state index in [0.717, 1.165) is 60.0 Å². The van der Waals surface area contributed by atoms with Gasteiger partial charge in [0.1, 0.15) is 0 Å². The van der Waals surface area contributed by atoms with Crippen LogP contribution in [0.3, 0.4) is 0 Å². The largest absolute Gasteiger partial charge is 0.454 e. The summed E-state index contributed by atoms with van der Waals surface area (Å²) in [5.74, 6) is 3.02. The van der Waals surface area contributed by atoms with Crippen LogP contribution in [0.25, 0.3) is 0 Å². The van der Waals surface area contributed by atoms with E-state index in [9.17, 15) is 4.79 Å². The molecule has 3 rings (SSSR count). The highest BCUT2D eigenvalue weighted by Gasteiger charge is 2.23. The Balaban J connectivity index is 1.62. The second-order valence-corrected chi connectivity index (χ2v) is 7.64. The van der Waals surface area contributed by atoms with Gasteiger partial charge in [-0.3, -0.25) is 4.79 Å². The van der Waals surface area contributed by atoms with Crippen LogP contribution in [-0.4, -0.2) is 50.2 Å². The molecule has 0 aromatic heterocycles. The van der Waals surface area contributed by atoms with Crippen LogP contribution in [0.5, 0.6) is 11.5 Å². The SMILES string of the molecule is CCNC(=NCc1cc(Br)c2c(c1)OCO2)N1CCC(CC(=O)NC)CC1. The van der Waals surface area contributed by atoms with E-state index in [1.165, 1.54) is 0 Å². The van der Waals surface area contributed by atoms with Crippen LogP contribution in [0.15, 0.2) is 21.6 Å². The Labute approximate surface area is 168 Å². The first kappa shape index (κ1) is 19.8. The first-order chi connectivity index (χ1) is 13.1. The number of benzene rings is 1. The Morgan fingerprint density at radius 3 is 2.81 bits per heavy atom. The summed E-state index contributed by atoms with van der Waals surface area (Å²) in [7, 11) is 1.70. The highest BCUT2D eigenvalue weighted by molar-refractivity contribution is 9.10. The lowest BCUT2D eigenvalue weighted by Gasteiger charge is -2.34. The van der Waals surface area contributed by atoms with Gasteiger partial charge in [0, 0.05) is 33.1 Å². The molecule has 1 saturated heterocycles. The van der Waals surface area contributed by atoms with Crippen LogP contribution in [0.2, 0.25) is 0 Å². The molecule has 0 bridgehead atoms. The van der Waals surface area contributed by atoms with E-state index >= 15 is 0 Å². The van der Waals surface area contributed by atoms with Gasteiger partial charge in [0.15, 0.2) is 17.5 Å².